The molecule has 0 saturated carbocycles. The summed E-state index contributed by atoms with van der Waals surface area (Å²) in [7, 11) is 0. The first-order valence-corrected chi connectivity index (χ1v) is 8.48. The quantitative estimate of drug-likeness (QED) is 0.788. The van der Waals surface area contributed by atoms with Crippen LogP contribution in [0.1, 0.15) is 22.6 Å². The summed E-state index contributed by atoms with van der Waals surface area (Å²) in [6.07, 6.45) is 1.73. The van der Waals surface area contributed by atoms with Crippen molar-refractivity contribution in [1.29, 1.82) is 0 Å². The second-order valence-corrected chi connectivity index (χ2v) is 6.95. The lowest BCUT2D eigenvalue weighted by Crippen LogP contribution is -2.43. The molecule has 0 fully saturated rings. The fourth-order valence-corrected chi connectivity index (χ4v) is 4.16. The minimum absolute atomic E-state index is 0.0141. The maximum atomic E-state index is 13.0. The van der Waals surface area contributed by atoms with Gasteiger partial charge in [0.05, 0.1) is 11.6 Å². The van der Waals surface area contributed by atoms with E-state index < -0.39 is 0 Å². The molecule has 0 radical (unpaired) electrons. The summed E-state index contributed by atoms with van der Waals surface area (Å²) in [4.78, 5) is 23.4. The molecular formula is C17H13N3OS2. The van der Waals surface area contributed by atoms with Crippen LogP contribution in [-0.4, -0.2) is 25.9 Å². The number of carbonyl (C=O) groups excluding carboxylic acids is 1. The Hall–Kier alpha value is -2.05. The van der Waals surface area contributed by atoms with Gasteiger partial charge in [-0.05, 0) is 30.8 Å². The van der Waals surface area contributed by atoms with Gasteiger partial charge in [0.15, 0.2) is 0 Å². The van der Waals surface area contributed by atoms with Crippen LogP contribution < -0.4 is 0 Å². The zero-order valence-corrected chi connectivity index (χ0v) is 14.0. The Balaban J connectivity index is 1.68. The lowest BCUT2D eigenvalue weighted by molar-refractivity contribution is -0.128. The number of rotatable bonds is 2. The number of aryl methyl sites for hydroxylation is 1. The summed E-state index contributed by atoms with van der Waals surface area (Å²) in [5.41, 5.74) is 3.16. The van der Waals surface area contributed by atoms with E-state index in [4.69, 9.17) is 12.2 Å². The molecule has 1 amide bonds. The lowest BCUT2D eigenvalue weighted by atomic mass is 9.99. The van der Waals surface area contributed by atoms with Gasteiger partial charge in [-0.3, -0.25) is 9.69 Å². The molecule has 0 N–H and O–H groups in total. The molecule has 23 heavy (non-hydrogen) atoms. The van der Waals surface area contributed by atoms with Gasteiger partial charge >= 0.3 is 0 Å². The standard InChI is InChI=1S/C17H13N3OS2/c1-10-4-6-11(7-5-10)9-20-16(21)13-12-3-2-8-18-14(12)23-15(13)19-17(20)22/h2-8,13H,9H2,1H3. The average molecular weight is 339 g/mol. The number of hydrogen-bond acceptors (Lipinski definition) is 4. The van der Waals surface area contributed by atoms with Gasteiger partial charge in [-0.25, -0.2) is 9.98 Å². The first-order valence-electron chi connectivity index (χ1n) is 7.26. The molecule has 1 atom stereocenters. The largest absolute Gasteiger partial charge is 0.282 e. The highest BCUT2D eigenvalue weighted by Gasteiger charge is 2.43. The van der Waals surface area contributed by atoms with Gasteiger partial charge in [-0.2, -0.15) is 0 Å². The van der Waals surface area contributed by atoms with Crippen molar-refractivity contribution in [3.63, 3.8) is 0 Å². The SMILES string of the molecule is Cc1ccc(CN2C(=O)C3C(=NC2=S)Sc2ncccc23)cc1. The predicted octanol–water partition coefficient (Wildman–Crippen LogP) is 3.31. The molecule has 2 aliphatic rings. The number of thiocarbonyl (C=S) groups is 1. The van der Waals surface area contributed by atoms with Crippen molar-refractivity contribution < 1.29 is 4.79 Å². The Bertz CT molecular complexity index is 845. The van der Waals surface area contributed by atoms with Gasteiger partial charge in [0, 0.05) is 11.8 Å². The van der Waals surface area contributed by atoms with E-state index in [1.807, 2.05) is 43.3 Å². The van der Waals surface area contributed by atoms with E-state index in [0.29, 0.717) is 11.7 Å². The third-order valence-corrected chi connectivity index (χ3v) is 5.35. The molecule has 2 aromatic rings. The van der Waals surface area contributed by atoms with Gasteiger partial charge in [0.2, 0.25) is 11.0 Å². The highest BCUT2D eigenvalue weighted by molar-refractivity contribution is 8.14. The highest BCUT2D eigenvalue weighted by atomic mass is 32.2. The molecule has 3 heterocycles. The summed E-state index contributed by atoms with van der Waals surface area (Å²) < 4.78 is 0. The van der Waals surface area contributed by atoms with E-state index >= 15 is 0 Å². The van der Waals surface area contributed by atoms with Gasteiger partial charge < -0.3 is 0 Å². The van der Waals surface area contributed by atoms with Crippen molar-refractivity contribution in [2.24, 2.45) is 4.99 Å². The van der Waals surface area contributed by atoms with Crippen LogP contribution in [0, 0.1) is 6.92 Å². The lowest BCUT2D eigenvalue weighted by Gasteiger charge is -2.28. The van der Waals surface area contributed by atoms with Gasteiger partial charge in [0.1, 0.15) is 10.9 Å². The minimum atomic E-state index is -0.360. The molecule has 4 nitrogen and oxygen atoms in total. The molecule has 0 spiro atoms. The number of fused-ring (bicyclic) bond motifs is 3. The fourth-order valence-electron chi connectivity index (χ4n) is 2.75. The Morgan fingerprint density at radius 2 is 2.04 bits per heavy atom. The van der Waals surface area contributed by atoms with Crippen molar-refractivity contribution in [3.8, 4) is 0 Å². The maximum Gasteiger partial charge on any atom is 0.243 e. The van der Waals surface area contributed by atoms with Crippen molar-refractivity contribution >= 4 is 40.0 Å². The molecule has 2 aliphatic heterocycles. The van der Waals surface area contributed by atoms with Crippen LogP contribution in [0.3, 0.4) is 0 Å². The highest BCUT2D eigenvalue weighted by Crippen LogP contribution is 2.43. The molecule has 1 aromatic carbocycles. The number of aliphatic imine (C=N–C) groups is 1. The first kappa shape index (κ1) is 14.5. The van der Waals surface area contributed by atoms with E-state index in [0.717, 1.165) is 21.2 Å². The topological polar surface area (TPSA) is 45.6 Å². The molecule has 0 aliphatic carbocycles. The van der Waals surface area contributed by atoms with Crippen LogP contribution in [0.15, 0.2) is 52.6 Å². The normalized spacial score (nSPS) is 19.4. The second kappa shape index (κ2) is 5.54. The van der Waals surface area contributed by atoms with Crippen molar-refractivity contribution in [3.05, 3.63) is 59.3 Å². The smallest absolute Gasteiger partial charge is 0.243 e. The fraction of sp³-hybridized carbons (Fsp3) is 0.176. The van der Waals surface area contributed by atoms with Gasteiger partial charge in [-0.15, -0.1) is 0 Å². The Morgan fingerprint density at radius 1 is 1.26 bits per heavy atom. The van der Waals surface area contributed by atoms with Crippen molar-refractivity contribution in [2.45, 2.75) is 24.4 Å². The second-order valence-electron chi connectivity index (χ2n) is 5.58. The zero-order valence-electron chi connectivity index (χ0n) is 12.4. The molecular weight excluding hydrogens is 326 g/mol. The summed E-state index contributed by atoms with van der Waals surface area (Å²) >= 11 is 6.79. The number of aromatic nitrogens is 1. The molecule has 4 rings (SSSR count). The number of carbonyl (C=O) groups is 1. The Labute approximate surface area is 143 Å². The maximum absolute atomic E-state index is 13.0. The Kier molecular flexibility index (Phi) is 3.50. The van der Waals surface area contributed by atoms with Crippen LogP contribution in [0.5, 0.6) is 0 Å². The number of hydrogen-bond donors (Lipinski definition) is 0. The van der Waals surface area contributed by atoms with E-state index in [9.17, 15) is 4.79 Å². The van der Waals surface area contributed by atoms with Crippen molar-refractivity contribution in [2.75, 3.05) is 0 Å². The van der Waals surface area contributed by atoms with Crippen LogP contribution in [0.2, 0.25) is 0 Å². The molecule has 1 unspecified atom stereocenters. The molecule has 1 aromatic heterocycles. The van der Waals surface area contributed by atoms with Crippen LogP contribution in [0.25, 0.3) is 0 Å². The predicted molar refractivity (Wildman–Crippen MR) is 94.6 cm³/mol. The molecule has 114 valence electrons. The molecule has 0 bridgehead atoms. The van der Waals surface area contributed by atoms with Gasteiger partial charge in [0.25, 0.3) is 0 Å². The van der Waals surface area contributed by atoms with Crippen LogP contribution in [0.4, 0.5) is 0 Å². The van der Waals surface area contributed by atoms with E-state index in [-0.39, 0.29) is 11.8 Å². The van der Waals surface area contributed by atoms with E-state index in [1.165, 1.54) is 17.3 Å². The summed E-state index contributed by atoms with van der Waals surface area (Å²) in [5, 5.41) is 1.93. The van der Waals surface area contributed by atoms with E-state index in [2.05, 4.69) is 9.98 Å². The number of thioether (sulfide) groups is 1. The third kappa shape index (κ3) is 2.48. The average Bonchev–Trinajstić information content (AvgIpc) is 2.91. The number of nitrogens with zero attached hydrogens (tertiary/aromatic N) is 3. The number of amides is 1. The molecule has 6 heteroatoms. The van der Waals surface area contributed by atoms with Crippen molar-refractivity contribution in [1.82, 2.24) is 9.88 Å². The van der Waals surface area contributed by atoms with Crippen LogP contribution in [-0.2, 0) is 11.3 Å². The third-order valence-electron chi connectivity index (χ3n) is 3.97. The van der Waals surface area contributed by atoms with E-state index in [1.54, 1.807) is 11.1 Å². The summed E-state index contributed by atoms with van der Waals surface area (Å²) in [6.45, 7) is 2.49. The molecule has 0 saturated heterocycles. The van der Waals surface area contributed by atoms with Gasteiger partial charge in [-0.1, -0.05) is 47.7 Å². The monoisotopic (exact) mass is 339 g/mol. The summed E-state index contributed by atoms with van der Waals surface area (Å²) in [5.74, 6) is -0.374. The Morgan fingerprint density at radius 3 is 2.83 bits per heavy atom. The summed E-state index contributed by atoms with van der Waals surface area (Å²) in [6, 6.07) is 11.9. The number of pyridine rings is 1. The minimum Gasteiger partial charge on any atom is -0.282 e. The zero-order chi connectivity index (χ0) is 16.0. The van der Waals surface area contributed by atoms with Crippen LogP contribution >= 0.6 is 24.0 Å². The first-order chi connectivity index (χ1) is 11.1. The number of benzene rings is 1.